The minimum absolute atomic E-state index is 0.0634. The minimum Gasteiger partial charge on any atom is -0.378 e. The predicted molar refractivity (Wildman–Crippen MR) is 109 cm³/mol. The van der Waals surface area contributed by atoms with Gasteiger partial charge in [0.1, 0.15) is 0 Å². The molecule has 0 radical (unpaired) electrons. The van der Waals surface area contributed by atoms with Gasteiger partial charge in [0.05, 0.1) is 25.1 Å². The number of ether oxygens (including phenoxy) is 1. The Hall–Kier alpha value is -2.93. The SMILES string of the molecule is CCN(CC)C(=O)c1ccc(-c2cnc3c(N4CCOCC4)nccn23)cc1. The van der Waals surface area contributed by atoms with Crippen LogP contribution in [0.4, 0.5) is 5.82 Å². The van der Waals surface area contributed by atoms with Gasteiger partial charge in [-0.25, -0.2) is 9.97 Å². The topological polar surface area (TPSA) is 63.0 Å². The Morgan fingerprint density at radius 3 is 2.50 bits per heavy atom. The van der Waals surface area contributed by atoms with Crippen LogP contribution in [0.3, 0.4) is 0 Å². The molecular weight excluding hydrogens is 354 g/mol. The molecule has 1 saturated heterocycles. The van der Waals surface area contributed by atoms with Crippen molar-refractivity contribution in [1.29, 1.82) is 0 Å². The molecule has 28 heavy (non-hydrogen) atoms. The number of carbonyl (C=O) groups excluding carboxylic acids is 1. The summed E-state index contributed by atoms with van der Waals surface area (Å²) < 4.78 is 7.50. The number of hydrogen-bond donors (Lipinski definition) is 0. The van der Waals surface area contributed by atoms with Crippen molar-refractivity contribution < 1.29 is 9.53 Å². The van der Waals surface area contributed by atoms with Crippen LogP contribution in [-0.4, -0.2) is 64.6 Å². The predicted octanol–water partition coefficient (Wildman–Crippen LogP) is 2.71. The fourth-order valence-corrected chi connectivity index (χ4v) is 3.59. The zero-order valence-electron chi connectivity index (χ0n) is 16.3. The number of fused-ring (bicyclic) bond motifs is 1. The van der Waals surface area contributed by atoms with Crippen molar-refractivity contribution >= 4 is 17.4 Å². The molecule has 2 aromatic heterocycles. The Labute approximate surface area is 164 Å². The van der Waals surface area contributed by atoms with E-state index in [9.17, 15) is 4.79 Å². The van der Waals surface area contributed by atoms with Gasteiger partial charge in [0.25, 0.3) is 5.91 Å². The molecular formula is C21H25N5O2. The number of morpholine rings is 1. The maximum Gasteiger partial charge on any atom is 0.253 e. The van der Waals surface area contributed by atoms with E-state index in [4.69, 9.17) is 4.74 Å². The Morgan fingerprint density at radius 1 is 1.11 bits per heavy atom. The van der Waals surface area contributed by atoms with Gasteiger partial charge in [-0.15, -0.1) is 0 Å². The van der Waals surface area contributed by atoms with E-state index in [0.717, 1.165) is 35.8 Å². The van der Waals surface area contributed by atoms with E-state index in [-0.39, 0.29) is 5.91 Å². The normalized spacial score (nSPS) is 14.4. The minimum atomic E-state index is 0.0634. The second-order valence-electron chi connectivity index (χ2n) is 6.74. The van der Waals surface area contributed by atoms with Crippen molar-refractivity contribution in [2.75, 3.05) is 44.3 Å². The van der Waals surface area contributed by atoms with Crippen molar-refractivity contribution in [3.63, 3.8) is 0 Å². The van der Waals surface area contributed by atoms with E-state index < -0.39 is 0 Å². The number of amides is 1. The number of nitrogens with zero attached hydrogens (tertiary/aromatic N) is 5. The van der Waals surface area contributed by atoms with Gasteiger partial charge in [-0.2, -0.15) is 0 Å². The van der Waals surface area contributed by atoms with Crippen LogP contribution in [0.1, 0.15) is 24.2 Å². The van der Waals surface area contributed by atoms with Crippen molar-refractivity contribution in [3.8, 4) is 11.3 Å². The summed E-state index contributed by atoms with van der Waals surface area (Å²) in [5.41, 5.74) is 3.54. The molecule has 0 bridgehead atoms. The molecule has 1 aliphatic rings. The number of hydrogen-bond acceptors (Lipinski definition) is 5. The van der Waals surface area contributed by atoms with E-state index in [2.05, 4.69) is 19.3 Å². The Bertz CT molecular complexity index is 957. The van der Waals surface area contributed by atoms with Gasteiger partial charge >= 0.3 is 0 Å². The molecule has 3 aromatic rings. The van der Waals surface area contributed by atoms with E-state index >= 15 is 0 Å². The van der Waals surface area contributed by atoms with Crippen LogP contribution >= 0.6 is 0 Å². The molecule has 4 rings (SSSR count). The first-order chi connectivity index (χ1) is 13.7. The Kier molecular flexibility index (Phi) is 5.25. The third kappa shape index (κ3) is 3.33. The number of carbonyl (C=O) groups is 1. The molecule has 0 unspecified atom stereocenters. The maximum absolute atomic E-state index is 12.5. The summed E-state index contributed by atoms with van der Waals surface area (Å²) in [7, 11) is 0. The molecule has 0 aliphatic carbocycles. The van der Waals surface area contributed by atoms with Gasteiger partial charge in [0.2, 0.25) is 0 Å². The highest BCUT2D eigenvalue weighted by Crippen LogP contribution is 2.26. The maximum atomic E-state index is 12.5. The lowest BCUT2D eigenvalue weighted by Crippen LogP contribution is -2.37. The molecule has 146 valence electrons. The van der Waals surface area contributed by atoms with Gasteiger partial charge in [0.15, 0.2) is 11.5 Å². The third-order valence-corrected chi connectivity index (χ3v) is 5.20. The lowest BCUT2D eigenvalue weighted by molar-refractivity contribution is 0.0773. The Balaban J connectivity index is 1.65. The molecule has 7 nitrogen and oxygen atoms in total. The third-order valence-electron chi connectivity index (χ3n) is 5.20. The van der Waals surface area contributed by atoms with E-state index in [1.165, 1.54) is 0 Å². The summed E-state index contributed by atoms with van der Waals surface area (Å²) in [4.78, 5) is 25.7. The first-order valence-corrected chi connectivity index (χ1v) is 9.77. The van der Waals surface area contributed by atoms with Crippen molar-refractivity contribution in [3.05, 3.63) is 48.4 Å². The largest absolute Gasteiger partial charge is 0.378 e. The highest BCUT2D eigenvalue weighted by molar-refractivity contribution is 5.94. The number of aromatic nitrogens is 3. The second kappa shape index (κ2) is 7.98. The van der Waals surface area contributed by atoms with Gasteiger partial charge < -0.3 is 14.5 Å². The van der Waals surface area contributed by atoms with Gasteiger partial charge in [-0.3, -0.25) is 9.20 Å². The fraction of sp³-hybridized carbons (Fsp3) is 0.381. The average Bonchev–Trinajstić information content (AvgIpc) is 3.19. The number of rotatable bonds is 5. The zero-order chi connectivity index (χ0) is 19.5. The van der Waals surface area contributed by atoms with E-state index in [1.807, 2.05) is 55.4 Å². The van der Waals surface area contributed by atoms with Crippen LogP contribution in [0.5, 0.6) is 0 Å². The zero-order valence-corrected chi connectivity index (χ0v) is 16.3. The molecule has 0 saturated carbocycles. The average molecular weight is 379 g/mol. The van der Waals surface area contributed by atoms with Gasteiger partial charge in [-0.05, 0) is 26.0 Å². The summed E-state index contributed by atoms with van der Waals surface area (Å²) in [6.07, 6.45) is 5.60. The smallest absolute Gasteiger partial charge is 0.253 e. The van der Waals surface area contributed by atoms with E-state index in [1.54, 1.807) is 6.20 Å². The molecule has 1 fully saturated rings. The van der Waals surface area contributed by atoms with Gasteiger partial charge in [0, 0.05) is 49.7 Å². The summed E-state index contributed by atoms with van der Waals surface area (Å²) in [6, 6.07) is 7.74. The number of benzene rings is 1. The van der Waals surface area contributed by atoms with E-state index in [0.29, 0.717) is 31.9 Å². The van der Waals surface area contributed by atoms with Gasteiger partial charge in [-0.1, -0.05) is 12.1 Å². The van der Waals surface area contributed by atoms with Crippen LogP contribution in [-0.2, 0) is 4.74 Å². The molecule has 1 aliphatic heterocycles. The lowest BCUT2D eigenvalue weighted by Gasteiger charge is -2.27. The van der Waals surface area contributed by atoms with Crippen LogP contribution in [0.15, 0.2) is 42.9 Å². The fourth-order valence-electron chi connectivity index (χ4n) is 3.59. The molecule has 1 aromatic carbocycles. The molecule has 0 spiro atoms. The van der Waals surface area contributed by atoms with Crippen LogP contribution in [0.25, 0.3) is 16.9 Å². The van der Waals surface area contributed by atoms with Crippen molar-refractivity contribution in [2.45, 2.75) is 13.8 Å². The summed E-state index contributed by atoms with van der Waals surface area (Å²) in [5.74, 6) is 0.943. The lowest BCUT2D eigenvalue weighted by atomic mass is 10.1. The molecule has 7 heteroatoms. The van der Waals surface area contributed by atoms with Crippen LogP contribution < -0.4 is 4.90 Å². The van der Waals surface area contributed by atoms with Crippen LogP contribution in [0, 0.1) is 0 Å². The monoisotopic (exact) mass is 379 g/mol. The first kappa shape index (κ1) is 18.4. The Morgan fingerprint density at radius 2 is 1.82 bits per heavy atom. The summed E-state index contributed by atoms with van der Waals surface area (Å²) >= 11 is 0. The highest BCUT2D eigenvalue weighted by atomic mass is 16.5. The van der Waals surface area contributed by atoms with Crippen molar-refractivity contribution in [2.24, 2.45) is 0 Å². The number of anilines is 1. The first-order valence-electron chi connectivity index (χ1n) is 9.77. The number of imidazole rings is 1. The van der Waals surface area contributed by atoms with Crippen molar-refractivity contribution in [1.82, 2.24) is 19.3 Å². The molecule has 3 heterocycles. The van der Waals surface area contributed by atoms with Crippen LogP contribution in [0.2, 0.25) is 0 Å². The molecule has 0 N–H and O–H groups in total. The molecule has 0 atom stereocenters. The summed E-state index contributed by atoms with van der Waals surface area (Å²) in [6.45, 7) is 8.45. The second-order valence-corrected chi connectivity index (χ2v) is 6.74. The highest BCUT2D eigenvalue weighted by Gasteiger charge is 2.18. The quantitative estimate of drug-likeness (QED) is 0.682. The molecule has 1 amide bonds. The summed E-state index contributed by atoms with van der Waals surface area (Å²) in [5, 5.41) is 0. The standard InChI is InChI=1S/C21H25N5O2/c1-3-24(4-2)21(27)17-7-5-16(6-8-17)18-15-23-20-19(22-9-10-26(18)20)25-11-13-28-14-12-25/h5-10,15H,3-4,11-14H2,1-2H3.